The van der Waals surface area contributed by atoms with Crippen molar-refractivity contribution in [1.29, 1.82) is 0 Å². The van der Waals surface area contributed by atoms with Crippen LogP contribution in [0.25, 0.3) is 11.1 Å². The fourth-order valence-electron chi connectivity index (χ4n) is 15.5. The zero-order chi connectivity index (χ0) is 91.2. The molecule has 8 heterocycles. The summed E-state index contributed by atoms with van der Waals surface area (Å²) in [6.45, 7) is 8.21. The molecule has 44 heteroatoms. The average Bonchev–Trinajstić information content (AvgIpc) is 0.766. The van der Waals surface area contributed by atoms with E-state index in [4.69, 9.17) is 62.1 Å². The number of carbonyl (C=O) groups excluding carboxylic acids is 8. The van der Waals surface area contributed by atoms with Crippen LogP contribution in [0.4, 0.5) is 23.7 Å². The molecule has 11 bridgehead atoms. The molecule has 126 heavy (non-hydrogen) atoms. The van der Waals surface area contributed by atoms with E-state index in [-0.39, 0.29) is 66.6 Å². The van der Waals surface area contributed by atoms with Gasteiger partial charge < -0.3 is 147 Å². The van der Waals surface area contributed by atoms with Gasteiger partial charge in [-0.1, -0.05) is 55.2 Å². The van der Waals surface area contributed by atoms with E-state index >= 15 is 14.4 Å². The molecule has 18 atom stereocenters. The van der Waals surface area contributed by atoms with E-state index in [1.54, 1.807) is 11.8 Å². The number of fused-ring (bicyclic) bond motifs is 15. The Bertz CT molecular complexity index is 5060. The predicted octanol–water partition coefficient (Wildman–Crippen LogP) is 2.50. The first-order valence-electron chi connectivity index (χ1n) is 39.8. The number of nitrogens with two attached hydrogens (primary N) is 1. The van der Waals surface area contributed by atoms with Gasteiger partial charge in [-0.2, -0.15) is 0 Å². The monoisotopic (exact) mass is 1810 g/mol. The first-order chi connectivity index (χ1) is 59.7. The van der Waals surface area contributed by atoms with E-state index in [9.17, 15) is 93.0 Å². The lowest BCUT2D eigenvalue weighted by atomic mass is 9.85. The van der Waals surface area contributed by atoms with Gasteiger partial charge in [0.2, 0.25) is 53.4 Å². The number of aromatic hydroxyl groups is 3. The van der Waals surface area contributed by atoms with Gasteiger partial charge >= 0.3 is 18.4 Å². The van der Waals surface area contributed by atoms with Crippen molar-refractivity contribution in [2.45, 2.75) is 163 Å². The number of aliphatic hydroxyl groups excluding tert-OH is 6. The highest BCUT2D eigenvalue weighted by Crippen LogP contribution is 2.50. The molecule has 0 radical (unpaired) electrons. The van der Waals surface area contributed by atoms with Crippen LogP contribution in [0.5, 0.6) is 51.7 Å². The number of carboxylic acids is 1. The van der Waals surface area contributed by atoms with Crippen molar-refractivity contribution in [3.05, 3.63) is 141 Å². The minimum absolute atomic E-state index is 0.0901. The van der Waals surface area contributed by atoms with Gasteiger partial charge in [0.05, 0.1) is 54.5 Å². The maximum absolute atomic E-state index is 16.2. The first-order valence-corrected chi connectivity index (χ1v) is 40.6. The number of carbonyl (C=O) groups is 9. The SMILES string of the molecule is CN[C@H](CC(C)C)C(=O)N[C@H]1C(=O)NC(CC(N)=O)C(=O)NC2C(=O)N[C@H]3C(=O)N[C@H](C(=O)N[C@@H](C(=O)O)c4cc(O)cc(O)c4-c4cc3ccc4O)[C@H](O)c3ccc(c(Cl)c3)Oc3cc2cc(c3O[C@@H]2O[C@H](CO)[C@@H](O)[C@H](O)[C@H]2O[C@H]2C[C@](C)(NCCOCCN3CCN(C(=O)Nc4ccc(OC(F)(F)F)cc4)CC3)[C@H](O)[C@H](C)O2)Oc2ccc(cc2Cl)[C@H]1O. The minimum Gasteiger partial charge on any atom is -0.508 e. The number of primary amides is 1. The Hall–Kier alpha value is -11.2. The van der Waals surface area contributed by atoms with Gasteiger partial charge in [0.25, 0.3) is 0 Å². The molecule has 6 aromatic carbocycles. The predicted molar refractivity (Wildman–Crippen MR) is 434 cm³/mol. The second kappa shape index (κ2) is 39.8. The van der Waals surface area contributed by atoms with Crippen molar-refractivity contribution >= 4 is 82.2 Å². The van der Waals surface area contributed by atoms with Crippen molar-refractivity contribution in [3.63, 3.8) is 0 Å². The van der Waals surface area contributed by atoms with Gasteiger partial charge in [-0.25, -0.2) is 9.59 Å². The van der Waals surface area contributed by atoms with Crippen LogP contribution in [0.1, 0.15) is 105 Å². The Labute approximate surface area is 726 Å². The third kappa shape index (κ3) is 21.9. The largest absolute Gasteiger partial charge is 0.573 e. The third-order valence-electron chi connectivity index (χ3n) is 22.1. The fraction of sp³-hybridized carbons (Fsp3) is 0.451. The maximum atomic E-state index is 16.2. The molecule has 8 aliphatic rings. The van der Waals surface area contributed by atoms with Gasteiger partial charge in [0.1, 0.15) is 95.2 Å². The lowest BCUT2D eigenvalue weighted by Gasteiger charge is -2.48. The Morgan fingerprint density at radius 3 is 1.94 bits per heavy atom. The van der Waals surface area contributed by atoms with Crippen LogP contribution in [0.15, 0.2) is 103 Å². The minimum atomic E-state index is -4.89. The number of rotatable bonds is 22. The second-order valence-electron chi connectivity index (χ2n) is 31.5. The summed E-state index contributed by atoms with van der Waals surface area (Å²) in [5.74, 6) is -16.9. The fourth-order valence-corrected chi connectivity index (χ4v) is 15.9. The van der Waals surface area contributed by atoms with Crippen LogP contribution in [-0.2, 0) is 57.3 Å². The Morgan fingerprint density at radius 1 is 0.706 bits per heavy atom. The molecule has 6 aromatic rings. The number of benzene rings is 6. The van der Waals surface area contributed by atoms with Crippen molar-refractivity contribution in [2.75, 3.05) is 71.5 Å². The number of ether oxygens (including phenoxy) is 8. The number of piperazine rings is 1. The van der Waals surface area contributed by atoms with Crippen molar-refractivity contribution in [2.24, 2.45) is 11.7 Å². The summed E-state index contributed by atoms with van der Waals surface area (Å²) in [6.07, 6.45) is -24.1. The average molecular weight is 1810 g/mol. The van der Waals surface area contributed by atoms with E-state index in [1.807, 2.05) is 13.8 Å². The number of carboxylic acid groups (broad SMARTS) is 1. The molecular formula is C82H95Cl2F3N12O27. The molecule has 3 saturated heterocycles. The zero-order valence-corrected chi connectivity index (χ0v) is 69.5. The van der Waals surface area contributed by atoms with Crippen molar-refractivity contribution in [1.82, 2.24) is 52.3 Å². The molecule has 3 fully saturated rings. The quantitative estimate of drug-likeness (QED) is 0.0434. The molecule has 0 saturated carbocycles. The highest BCUT2D eigenvalue weighted by Gasteiger charge is 2.53. The first kappa shape index (κ1) is 93.9. The van der Waals surface area contributed by atoms with Gasteiger partial charge in [-0.05, 0) is 134 Å². The van der Waals surface area contributed by atoms with Crippen LogP contribution >= 0.6 is 23.2 Å². The van der Waals surface area contributed by atoms with Gasteiger partial charge in [0.15, 0.2) is 29.9 Å². The van der Waals surface area contributed by atoms with Crippen LogP contribution in [0.3, 0.4) is 0 Å². The number of likely N-dealkylation sites (N-methyl/N-ethyl adjacent to an activating group) is 1. The Kier molecular flexibility index (Phi) is 29.7. The number of alkyl halides is 3. The molecule has 680 valence electrons. The number of aliphatic carboxylic acids is 1. The van der Waals surface area contributed by atoms with Gasteiger partial charge in [-0.15, -0.1) is 13.2 Å². The summed E-state index contributed by atoms with van der Waals surface area (Å²) in [7, 11) is 1.46. The van der Waals surface area contributed by atoms with E-state index in [2.05, 4.69) is 57.5 Å². The number of phenols is 3. The van der Waals surface area contributed by atoms with E-state index in [0.29, 0.717) is 32.7 Å². The number of nitrogens with zero attached hydrogens (tertiary/aromatic N) is 2. The molecule has 39 nitrogen and oxygen atoms in total. The smallest absolute Gasteiger partial charge is 0.508 e. The molecule has 21 N–H and O–H groups in total. The number of amides is 9. The van der Waals surface area contributed by atoms with Gasteiger partial charge in [0, 0.05) is 79.7 Å². The molecule has 0 aromatic heterocycles. The molecule has 8 aliphatic heterocycles. The van der Waals surface area contributed by atoms with Crippen LogP contribution < -0.4 is 72.5 Å². The Morgan fingerprint density at radius 2 is 1.33 bits per heavy atom. The van der Waals surface area contributed by atoms with Crippen molar-refractivity contribution < 1.29 is 145 Å². The summed E-state index contributed by atoms with van der Waals surface area (Å²) in [5, 5.41) is 139. The number of aliphatic hydroxyl groups is 6. The number of hydrogen-bond donors (Lipinski definition) is 20. The third-order valence-corrected chi connectivity index (χ3v) is 22.7. The standard InChI is InChI=1S/C82H95Cl2F3N12O27/c1-35(2)24-48(89-5)72(110)96-63-65(105)38-7-14-52(46(83)26-38)121-54-28-40-29-55(69(54)125-79-70(68(108)67(107)56(34-100)123-79)124-58-33-81(4,71(109)36(3)120-58)90-16-22-119-23-21-98-17-19-99(20-18-98)80(118)91-41-9-11-43(12-10-41)126-82(85,86)87)122-53-15-8-39(27-47(53)84)66(106)64-77(115)95-62(78(116)117)45-30-42(101)31-51(103)59(45)44-25-37(6-13-50(44)102)60(74(112)97-64)94-75(113)61(40)93-73(111)49(32-57(88)104)92-76(63)114/h6-15,25-31,35-36,48-49,56,58,60-68,70-71,79,89-90,100-103,105-109H,16-24,32-34H2,1-5H3,(H2,88,104)(H,91,118)(H,92,114)(H,93,111)(H,94,113)(H,95,115)(H,96,110)(H,97,112)(H,116,117)/t36-,48+,49?,56+,58-,60+,61?,62+,63+,64-,65+,66+,67+,68-,70+,71+,79-,81-/m0/s1. The van der Waals surface area contributed by atoms with Crippen LogP contribution in [0, 0.1) is 5.92 Å². The summed E-state index contributed by atoms with van der Waals surface area (Å²) in [6, 6.07) is 3.17. The molecule has 9 amide bonds. The number of phenolic OH excluding ortho intramolecular Hbond substituents is 3. The molecule has 2 unspecified atom stereocenters. The summed E-state index contributed by atoms with van der Waals surface area (Å²) in [4.78, 5) is 135. The summed E-state index contributed by atoms with van der Waals surface area (Å²) in [5.41, 5.74) is 1.73. The lowest BCUT2D eigenvalue weighted by Crippen LogP contribution is -2.65. The van der Waals surface area contributed by atoms with Crippen LogP contribution in [0.2, 0.25) is 10.0 Å². The van der Waals surface area contributed by atoms with E-state index < -0.39 is 260 Å². The number of urea groups is 1. The lowest BCUT2D eigenvalue weighted by molar-refractivity contribution is -0.334. The van der Waals surface area contributed by atoms with Gasteiger partial charge in [-0.3, -0.25) is 38.5 Å². The topological polar surface area (TPSA) is 571 Å². The van der Waals surface area contributed by atoms with Crippen molar-refractivity contribution in [3.8, 4) is 62.9 Å². The highest BCUT2D eigenvalue weighted by atomic mass is 35.5. The number of halogens is 5. The molecule has 0 spiro atoms. The summed E-state index contributed by atoms with van der Waals surface area (Å²) >= 11 is 14.3. The van der Waals surface area contributed by atoms with E-state index in [0.717, 1.165) is 78.9 Å². The zero-order valence-electron chi connectivity index (χ0n) is 68.0. The number of anilines is 1. The maximum Gasteiger partial charge on any atom is 0.573 e. The molecule has 14 rings (SSSR count). The normalized spacial score (nSPS) is 26.9. The molecular weight excluding hydrogens is 1710 g/mol. The summed E-state index contributed by atoms with van der Waals surface area (Å²) < 4.78 is 87.3. The number of hydrogen-bond acceptors (Lipinski definition) is 29. The second-order valence-corrected chi connectivity index (χ2v) is 32.3. The van der Waals surface area contributed by atoms with Crippen LogP contribution in [-0.4, -0.2) is 266 Å². The number of nitrogens with one attached hydrogen (secondary N) is 9. The Balaban J connectivity index is 0.924. The highest BCUT2D eigenvalue weighted by molar-refractivity contribution is 6.32. The molecule has 0 aliphatic carbocycles. The van der Waals surface area contributed by atoms with E-state index in [1.165, 1.54) is 38.2 Å².